The van der Waals surface area contributed by atoms with E-state index in [2.05, 4.69) is 15.3 Å². The van der Waals surface area contributed by atoms with Crippen LogP contribution in [0.25, 0.3) is 11.0 Å². The van der Waals surface area contributed by atoms with E-state index in [1.807, 2.05) is 24.3 Å². The highest BCUT2D eigenvalue weighted by atomic mass is 35.5. The van der Waals surface area contributed by atoms with Gasteiger partial charge in [0.1, 0.15) is 0 Å². The zero-order valence-corrected chi connectivity index (χ0v) is 12.0. The molecule has 0 aliphatic carbocycles. The number of rotatable bonds is 3. The number of benzene rings is 2. The highest BCUT2D eigenvalue weighted by Crippen LogP contribution is 2.25. The van der Waals surface area contributed by atoms with Gasteiger partial charge in [-0.15, -0.1) is 0 Å². The van der Waals surface area contributed by atoms with E-state index in [0.717, 1.165) is 22.4 Å². The second-order valence-corrected chi connectivity index (χ2v) is 5.17. The molecule has 100 valence electrons. The molecule has 0 atom stereocenters. The third-order valence-electron chi connectivity index (χ3n) is 2.89. The maximum atomic E-state index is 6.10. The van der Waals surface area contributed by atoms with Crippen molar-refractivity contribution in [2.24, 2.45) is 0 Å². The lowest BCUT2D eigenvalue weighted by molar-refractivity contribution is 1.04. The van der Waals surface area contributed by atoms with Crippen LogP contribution in [0.1, 0.15) is 5.69 Å². The second kappa shape index (κ2) is 5.65. The summed E-state index contributed by atoms with van der Waals surface area (Å²) >= 11 is 12.1. The predicted octanol–water partition coefficient (Wildman–Crippen LogP) is 4.55. The summed E-state index contributed by atoms with van der Waals surface area (Å²) in [5.74, 6) is 0. The van der Waals surface area contributed by atoms with E-state index in [9.17, 15) is 0 Å². The van der Waals surface area contributed by atoms with Gasteiger partial charge < -0.3 is 5.32 Å². The number of fused-ring (bicyclic) bond motifs is 1. The van der Waals surface area contributed by atoms with Crippen LogP contribution in [-0.4, -0.2) is 9.97 Å². The molecule has 0 radical (unpaired) electrons. The van der Waals surface area contributed by atoms with Crippen molar-refractivity contribution in [3.05, 3.63) is 64.4 Å². The number of hydrogen-bond acceptors (Lipinski definition) is 3. The molecule has 0 saturated carbocycles. The molecule has 20 heavy (non-hydrogen) atoms. The topological polar surface area (TPSA) is 37.8 Å². The van der Waals surface area contributed by atoms with Crippen molar-refractivity contribution >= 4 is 39.9 Å². The normalized spacial score (nSPS) is 10.7. The van der Waals surface area contributed by atoms with E-state index in [1.54, 1.807) is 24.4 Å². The molecule has 3 nitrogen and oxygen atoms in total. The number of halogens is 2. The van der Waals surface area contributed by atoms with E-state index in [0.29, 0.717) is 16.6 Å². The molecule has 3 rings (SSSR count). The molecular weight excluding hydrogens is 293 g/mol. The fourth-order valence-electron chi connectivity index (χ4n) is 1.90. The van der Waals surface area contributed by atoms with Crippen molar-refractivity contribution in [2.45, 2.75) is 6.54 Å². The van der Waals surface area contributed by atoms with Gasteiger partial charge in [0.05, 0.1) is 40.2 Å². The lowest BCUT2D eigenvalue weighted by Gasteiger charge is -2.08. The standard InChI is InChI=1S/C15H11Cl2N3/c16-10-5-6-12(17)15(7-10)19-9-11-8-18-13-3-1-2-4-14(13)20-11/h1-8,19H,9H2. The SMILES string of the molecule is Clc1ccc(Cl)c(NCc2cnc3ccccc3n2)c1. The third kappa shape index (κ3) is 2.84. The molecule has 0 unspecified atom stereocenters. The van der Waals surface area contributed by atoms with Gasteiger partial charge in [0.25, 0.3) is 0 Å². The maximum Gasteiger partial charge on any atom is 0.0890 e. The molecule has 0 fully saturated rings. The van der Waals surface area contributed by atoms with Crippen molar-refractivity contribution in [3.8, 4) is 0 Å². The molecule has 0 aliphatic heterocycles. The Morgan fingerprint density at radius 1 is 1.00 bits per heavy atom. The minimum absolute atomic E-state index is 0.540. The summed E-state index contributed by atoms with van der Waals surface area (Å²) < 4.78 is 0. The summed E-state index contributed by atoms with van der Waals surface area (Å²) in [5, 5.41) is 4.48. The highest BCUT2D eigenvalue weighted by Gasteiger charge is 2.03. The quantitative estimate of drug-likeness (QED) is 0.771. The molecule has 5 heteroatoms. The Bertz CT molecular complexity index is 759. The minimum atomic E-state index is 0.540. The van der Waals surface area contributed by atoms with Crippen LogP contribution in [0.2, 0.25) is 10.0 Å². The Kier molecular flexibility index (Phi) is 3.72. The van der Waals surface area contributed by atoms with Gasteiger partial charge in [0.2, 0.25) is 0 Å². The van der Waals surface area contributed by atoms with E-state index in [-0.39, 0.29) is 0 Å². The number of nitrogens with zero attached hydrogens (tertiary/aromatic N) is 2. The monoisotopic (exact) mass is 303 g/mol. The van der Waals surface area contributed by atoms with Gasteiger partial charge >= 0.3 is 0 Å². The number of anilines is 1. The summed E-state index contributed by atoms with van der Waals surface area (Å²) in [5.41, 5.74) is 3.40. The first-order chi connectivity index (χ1) is 9.72. The smallest absolute Gasteiger partial charge is 0.0890 e. The van der Waals surface area contributed by atoms with Crippen LogP contribution >= 0.6 is 23.2 Å². The lowest BCUT2D eigenvalue weighted by Crippen LogP contribution is -2.03. The first-order valence-corrected chi connectivity index (χ1v) is 6.87. The molecule has 0 bridgehead atoms. The molecule has 2 aromatic carbocycles. The Morgan fingerprint density at radius 2 is 1.80 bits per heavy atom. The van der Waals surface area contributed by atoms with Crippen LogP contribution in [0.3, 0.4) is 0 Å². The molecule has 1 heterocycles. The largest absolute Gasteiger partial charge is 0.378 e. The number of para-hydroxylation sites is 2. The van der Waals surface area contributed by atoms with Gasteiger partial charge in [-0.1, -0.05) is 35.3 Å². The number of aromatic nitrogens is 2. The Morgan fingerprint density at radius 3 is 2.65 bits per heavy atom. The molecule has 0 spiro atoms. The first kappa shape index (κ1) is 13.2. The summed E-state index contributed by atoms with van der Waals surface area (Å²) in [6, 6.07) is 13.1. The minimum Gasteiger partial charge on any atom is -0.378 e. The Labute approximate surface area is 126 Å². The van der Waals surface area contributed by atoms with Gasteiger partial charge in [0.15, 0.2) is 0 Å². The zero-order valence-electron chi connectivity index (χ0n) is 10.5. The lowest BCUT2D eigenvalue weighted by atomic mass is 10.3. The maximum absolute atomic E-state index is 6.10. The summed E-state index contributed by atoms with van der Waals surface area (Å²) in [6.45, 7) is 0.540. The van der Waals surface area contributed by atoms with E-state index >= 15 is 0 Å². The van der Waals surface area contributed by atoms with Gasteiger partial charge in [-0.05, 0) is 30.3 Å². The fraction of sp³-hybridized carbons (Fsp3) is 0.0667. The van der Waals surface area contributed by atoms with Crippen LogP contribution in [0.5, 0.6) is 0 Å². The number of hydrogen-bond donors (Lipinski definition) is 1. The second-order valence-electron chi connectivity index (χ2n) is 4.33. The van der Waals surface area contributed by atoms with Crippen molar-refractivity contribution in [2.75, 3.05) is 5.32 Å². The Balaban J connectivity index is 1.81. The molecule has 0 aliphatic rings. The highest BCUT2D eigenvalue weighted by molar-refractivity contribution is 6.35. The van der Waals surface area contributed by atoms with E-state index in [1.165, 1.54) is 0 Å². The molecule has 3 aromatic rings. The number of nitrogens with one attached hydrogen (secondary N) is 1. The third-order valence-corrected chi connectivity index (χ3v) is 3.45. The van der Waals surface area contributed by atoms with Gasteiger partial charge in [-0.25, -0.2) is 4.98 Å². The Hall–Kier alpha value is -1.84. The van der Waals surface area contributed by atoms with Crippen molar-refractivity contribution in [1.29, 1.82) is 0 Å². The van der Waals surface area contributed by atoms with Crippen LogP contribution < -0.4 is 5.32 Å². The van der Waals surface area contributed by atoms with Crippen molar-refractivity contribution < 1.29 is 0 Å². The summed E-state index contributed by atoms with van der Waals surface area (Å²) in [7, 11) is 0. The summed E-state index contributed by atoms with van der Waals surface area (Å²) in [4.78, 5) is 8.91. The fourth-order valence-corrected chi connectivity index (χ4v) is 2.26. The molecule has 0 saturated heterocycles. The van der Waals surface area contributed by atoms with E-state index in [4.69, 9.17) is 23.2 Å². The molecule has 0 amide bonds. The average molecular weight is 304 g/mol. The predicted molar refractivity (Wildman–Crippen MR) is 83.3 cm³/mol. The first-order valence-electron chi connectivity index (χ1n) is 6.12. The molecular formula is C15H11Cl2N3. The van der Waals surface area contributed by atoms with Gasteiger partial charge in [-0.2, -0.15) is 0 Å². The van der Waals surface area contributed by atoms with Crippen molar-refractivity contribution in [3.63, 3.8) is 0 Å². The van der Waals surface area contributed by atoms with Crippen LogP contribution in [-0.2, 0) is 6.54 Å². The van der Waals surface area contributed by atoms with Crippen LogP contribution in [0.4, 0.5) is 5.69 Å². The zero-order chi connectivity index (χ0) is 13.9. The van der Waals surface area contributed by atoms with E-state index < -0.39 is 0 Å². The molecule has 1 N–H and O–H groups in total. The van der Waals surface area contributed by atoms with Crippen LogP contribution in [0.15, 0.2) is 48.7 Å². The molecule has 1 aromatic heterocycles. The van der Waals surface area contributed by atoms with Crippen molar-refractivity contribution in [1.82, 2.24) is 9.97 Å². The average Bonchev–Trinajstić information content (AvgIpc) is 2.48. The summed E-state index contributed by atoms with van der Waals surface area (Å²) in [6.07, 6.45) is 1.76. The van der Waals surface area contributed by atoms with Gasteiger partial charge in [-0.3, -0.25) is 4.98 Å². The van der Waals surface area contributed by atoms with Gasteiger partial charge in [0, 0.05) is 5.02 Å². The van der Waals surface area contributed by atoms with Crippen LogP contribution in [0, 0.1) is 0 Å².